The van der Waals surface area contributed by atoms with E-state index >= 15 is 0 Å². The highest BCUT2D eigenvalue weighted by Crippen LogP contribution is 2.34. The number of carbonyl (C=O) groups is 1. The number of aromatic nitrogens is 4. The van der Waals surface area contributed by atoms with Crippen molar-refractivity contribution in [3.8, 4) is 5.88 Å². The van der Waals surface area contributed by atoms with Crippen LogP contribution in [0.3, 0.4) is 0 Å². The number of methoxy groups -OCH3 is 1. The Morgan fingerprint density at radius 3 is 2.72 bits per heavy atom. The van der Waals surface area contributed by atoms with Gasteiger partial charge in [0.15, 0.2) is 0 Å². The molecule has 0 bridgehead atoms. The van der Waals surface area contributed by atoms with Crippen molar-refractivity contribution in [2.45, 2.75) is 50.2 Å². The minimum atomic E-state index is -3.85. The molecule has 2 unspecified atom stereocenters. The van der Waals surface area contributed by atoms with Gasteiger partial charge in [-0.3, -0.25) is 4.79 Å². The topological polar surface area (TPSA) is 117 Å². The van der Waals surface area contributed by atoms with Crippen molar-refractivity contribution in [3.05, 3.63) is 77.0 Å². The minimum absolute atomic E-state index is 0.0654. The Hall–Kier alpha value is -3.83. The Bertz CT molecular complexity index is 1630. The number of aryl methyl sites for hydroxylation is 2. The molecule has 0 saturated heterocycles. The van der Waals surface area contributed by atoms with Gasteiger partial charge in [-0.15, -0.1) is 5.10 Å². The molecule has 10 nitrogen and oxygen atoms in total. The summed E-state index contributed by atoms with van der Waals surface area (Å²) < 4.78 is 41.5. The van der Waals surface area contributed by atoms with E-state index in [4.69, 9.17) is 9.47 Å². The van der Waals surface area contributed by atoms with Crippen LogP contribution in [0, 0.1) is 6.92 Å². The van der Waals surface area contributed by atoms with Gasteiger partial charge in [-0.2, -0.15) is 4.31 Å². The van der Waals surface area contributed by atoms with E-state index in [2.05, 4.69) is 15.3 Å². The van der Waals surface area contributed by atoms with Crippen LogP contribution >= 0.6 is 0 Å². The van der Waals surface area contributed by atoms with Crippen LogP contribution in [0.4, 0.5) is 0 Å². The summed E-state index contributed by atoms with van der Waals surface area (Å²) in [6, 6.07) is 14.9. The van der Waals surface area contributed by atoms with E-state index in [-0.39, 0.29) is 48.3 Å². The van der Waals surface area contributed by atoms with Gasteiger partial charge >= 0.3 is 5.97 Å². The first-order valence-corrected chi connectivity index (χ1v) is 14.2. The number of fused-ring (bicyclic) bond motifs is 2. The van der Waals surface area contributed by atoms with E-state index in [9.17, 15) is 13.2 Å². The van der Waals surface area contributed by atoms with Crippen LogP contribution in [0.15, 0.2) is 59.6 Å². The van der Waals surface area contributed by atoms with Gasteiger partial charge in [0.1, 0.15) is 16.5 Å². The summed E-state index contributed by atoms with van der Waals surface area (Å²) in [5, 5.41) is 8.31. The monoisotopic (exact) mass is 549 g/mol. The van der Waals surface area contributed by atoms with Crippen LogP contribution in [-0.2, 0) is 33.1 Å². The maximum Gasteiger partial charge on any atom is 0.306 e. The van der Waals surface area contributed by atoms with E-state index in [0.29, 0.717) is 6.42 Å². The van der Waals surface area contributed by atoms with Gasteiger partial charge in [-0.25, -0.2) is 18.1 Å². The summed E-state index contributed by atoms with van der Waals surface area (Å²) in [6.07, 6.45) is 1.96. The summed E-state index contributed by atoms with van der Waals surface area (Å²) in [5.74, 6) is -0.529. The van der Waals surface area contributed by atoms with Gasteiger partial charge in [0.2, 0.25) is 15.9 Å². The molecular weight excluding hydrogens is 518 g/mol. The van der Waals surface area contributed by atoms with E-state index < -0.39 is 10.0 Å². The van der Waals surface area contributed by atoms with E-state index in [1.165, 1.54) is 23.7 Å². The van der Waals surface area contributed by atoms with E-state index in [1.807, 2.05) is 57.3 Å². The molecule has 2 atom stereocenters. The molecule has 3 heterocycles. The van der Waals surface area contributed by atoms with Crippen LogP contribution < -0.4 is 4.74 Å². The summed E-state index contributed by atoms with van der Waals surface area (Å²) in [6.45, 7) is 4.27. The SMILES string of the molecule is CCC1CN(Cc2cc(C(CC(=O)OC)c3ccc4c(c3)nnn4C)ccc2C)S(=O)(=O)c2cccnc2O1. The molecule has 39 heavy (non-hydrogen) atoms. The van der Waals surface area contributed by atoms with Crippen LogP contribution in [0.5, 0.6) is 5.88 Å². The Kier molecular flexibility index (Phi) is 7.37. The molecule has 0 fully saturated rings. The molecule has 1 aliphatic rings. The summed E-state index contributed by atoms with van der Waals surface area (Å²) in [7, 11) is -0.657. The number of hydrogen-bond acceptors (Lipinski definition) is 8. The lowest BCUT2D eigenvalue weighted by atomic mass is 9.86. The fourth-order valence-electron chi connectivity index (χ4n) is 4.90. The fraction of sp³-hybridized carbons (Fsp3) is 0.357. The zero-order valence-electron chi connectivity index (χ0n) is 22.4. The average Bonchev–Trinajstić information content (AvgIpc) is 3.26. The molecule has 0 spiro atoms. The minimum Gasteiger partial charge on any atom is -0.472 e. The Morgan fingerprint density at radius 2 is 1.95 bits per heavy atom. The van der Waals surface area contributed by atoms with Crippen molar-refractivity contribution in [1.82, 2.24) is 24.3 Å². The van der Waals surface area contributed by atoms with Crippen LogP contribution in [0.25, 0.3) is 11.0 Å². The molecule has 1 aliphatic heterocycles. The first-order chi connectivity index (χ1) is 18.7. The van der Waals surface area contributed by atoms with Crippen LogP contribution in [-0.4, -0.2) is 58.4 Å². The molecule has 2 aromatic heterocycles. The number of esters is 1. The summed E-state index contributed by atoms with van der Waals surface area (Å²) in [4.78, 5) is 16.7. The van der Waals surface area contributed by atoms with Gasteiger partial charge in [-0.05, 0) is 59.9 Å². The zero-order chi connectivity index (χ0) is 27.7. The van der Waals surface area contributed by atoms with Gasteiger partial charge in [0, 0.05) is 25.7 Å². The maximum absolute atomic E-state index is 13.7. The highest BCUT2D eigenvalue weighted by molar-refractivity contribution is 7.89. The second-order valence-corrected chi connectivity index (χ2v) is 11.6. The lowest BCUT2D eigenvalue weighted by molar-refractivity contribution is -0.140. The standard InChI is InChI=1S/C28H31N5O5S/c1-5-22-17-33(39(35,36)26-7-6-12-29-28(26)38-22)16-21-13-19(9-8-18(21)2)23(15-27(34)37-4)20-10-11-25-24(14-20)30-31-32(25)3/h6-14,22-23H,5,15-17H2,1-4H3. The van der Waals surface area contributed by atoms with Crippen molar-refractivity contribution < 1.29 is 22.7 Å². The first kappa shape index (κ1) is 26.8. The highest BCUT2D eigenvalue weighted by Gasteiger charge is 2.35. The second-order valence-electron chi connectivity index (χ2n) is 9.73. The third-order valence-corrected chi connectivity index (χ3v) is 9.08. The molecule has 11 heteroatoms. The van der Waals surface area contributed by atoms with E-state index in [0.717, 1.165) is 33.3 Å². The molecule has 2 aromatic carbocycles. The average molecular weight is 550 g/mol. The molecule has 0 amide bonds. The molecule has 0 radical (unpaired) electrons. The molecule has 0 aliphatic carbocycles. The largest absolute Gasteiger partial charge is 0.472 e. The third-order valence-electron chi connectivity index (χ3n) is 7.25. The molecule has 0 saturated carbocycles. The summed E-state index contributed by atoms with van der Waals surface area (Å²) in [5.41, 5.74) is 5.17. The van der Waals surface area contributed by atoms with Gasteiger partial charge in [0.05, 0.1) is 25.6 Å². The third kappa shape index (κ3) is 5.24. The number of hydrogen-bond donors (Lipinski definition) is 0. The van der Waals surface area contributed by atoms with Gasteiger partial charge in [-0.1, -0.05) is 36.4 Å². The number of carbonyl (C=O) groups excluding carboxylic acids is 1. The number of ether oxygens (including phenoxy) is 2. The maximum atomic E-state index is 13.7. The van der Waals surface area contributed by atoms with Crippen molar-refractivity contribution in [3.63, 3.8) is 0 Å². The lowest BCUT2D eigenvalue weighted by Gasteiger charge is -2.24. The quantitative estimate of drug-likeness (QED) is 0.320. The van der Waals surface area contributed by atoms with Crippen molar-refractivity contribution >= 4 is 27.0 Å². The number of nitrogens with zero attached hydrogens (tertiary/aromatic N) is 5. The van der Waals surface area contributed by atoms with Crippen molar-refractivity contribution in [2.24, 2.45) is 7.05 Å². The highest BCUT2D eigenvalue weighted by atomic mass is 32.2. The summed E-state index contributed by atoms with van der Waals surface area (Å²) >= 11 is 0. The Morgan fingerprint density at radius 1 is 1.18 bits per heavy atom. The molecule has 5 rings (SSSR count). The van der Waals surface area contributed by atoms with Gasteiger partial charge in [0.25, 0.3) is 0 Å². The molecule has 0 N–H and O–H groups in total. The second kappa shape index (κ2) is 10.7. The van der Waals surface area contributed by atoms with Crippen LogP contribution in [0.1, 0.15) is 47.9 Å². The predicted molar refractivity (Wildman–Crippen MR) is 145 cm³/mol. The van der Waals surface area contributed by atoms with Crippen molar-refractivity contribution in [2.75, 3.05) is 13.7 Å². The van der Waals surface area contributed by atoms with Crippen molar-refractivity contribution in [1.29, 1.82) is 0 Å². The smallest absolute Gasteiger partial charge is 0.306 e. The number of benzene rings is 2. The molecule has 204 valence electrons. The number of sulfonamides is 1. The number of pyridine rings is 1. The molecule has 4 aromatic rings. The van der Waals surface area contributed by atoms with Gasteiger partial charge < -0.3 is 9.47 Å². The van der Waals surface area contributed by atoms with E-state index in [1.54, 1.807) is 10.7 Å². The predicted octanol–water partition coefficient (Wildman–Crippen LogP) is 3.73. The lowest BCUT2D eigenvalue weighted by Crippen LogP contribution is -2.36. The normalized spacial score (nSPS) is 17.7. The number of rotatable bonds is 7. The Balaban J connectivity index is 1.54. The fourth-order valence-corrected chi connectivity index (χ4v) is 6.43. The first-order valence-electron chi connectivity index (χ1n) is 12.8. The Labute approximate surface area is 227 Å². The zero-order valence-corrected chi connectivity index (χ0v) is 23.2. The van der Waals surface area contributed by atoms with Crippen LogP contribution in [0.2, 0.25) is 0 Å². The molecular formula is C28H31N5O5S.